The summed E-state index contributed by atoms with van der Waals surface area (Å²) < 4.78 is 12.9. The van der Waals surface area contributed by atoms with Crippen LogP contribution in [0, 0.1) is 11.9 Å². The highest BCUT2D eigenvalue weighted by molar-refractivity contribution is 7.09. The first-order chi connectivity index (χ1) is 11.0. The number of nitrogens with zero attached hydrogens (tertiary/aromatic N) is 1. The highest BCUT2D eigenvalue weighted by atomic mass is 35.5. The summed E-state index contributed by atoms with van der Waals surface area (Å²) in [6.07, 6.45) is 3.40. The van der Waals surface area contributed by atoms with E-state index in [2.05, 4.69) is 4.98 Å². The van der Waals surface area contributed by atoms with Crippen LogP contribution in [0.5, 0.6) is 5.75 Å². The largest absolute Gasteiger partial charge is 0.508 e. The van der Waals surface area contributed by atoms with Gasteiger partial charge in [-0.2, -0.15) is 4.39 Å². The van der Waals surface area contributed by atoms with E-state index in [4.69, 9.17) is 23.2 Å². The summed E-state index contributed by atoms with van der Waals surface area (Å²) in [7, 11) is 0. The molecule has 2 aromatic rings. The van der Waals surface area contributed by atoms with Crippen LogP contribution in [-0.4, -0.2) is 20.8 Å². The van der Waals surface area contributed by atoms with Crippen molar-refractivity contribution in [2.24, 2.45) is 5.92 Å². The minimum Gasteiger partial charge on any atom is -0.508 e. The fraction of sp³-hybridized carbons (Fsp3) is 0.471. The Morgan fingerprint density at radius 1 is 1.22 bits per heavy atom. The van der Waals surface area contributed by atoms with E-state index >= 15 is 0 Å². The second kappa shape index (κ2) is 7.37. The summed E-state index contributed by atoms with van der Waals surface area (Å²) in [5.41, 5.74) is 1.12. The number of phenols is 1. The third kappa shape index (κ3) is 3.98. The molecule has 3 rings (SSSR count). The molecule has 1 heterocycles. The third-order valence-electron chi connectivity index (χ3n) is 4.50. The monoisotopic (exact) mass is 373 g/mol. The maximum Gasteiger partial charge on any atom is 0.223 e. The molecule has 1 fully saturated rings. The Hall–Kier alpha value is -0.840. The maximum atomic E-state index is 12.9. The number of aromatic hydroxyl groups is 1. The van der Waals surface area contributed by atoms with E-state index in [0.29, 0.717) is 0 Å². The molecule has 0 aliphatic heterocycles. The number of rotatable bonds is 5. The zero-order chi connectivity index (χ0) is 16.4. The first-order valence-electron chi connectivity index (χ1n) is 7.71. The smallest absolute Gasteiger partial charge is 0.223 e. The molecule has 1 aromatic heterocycles. The lowest BCUT2D eigenvalue weighted by Crippen LogP contribution is -2.17. The minimum absolute atomic E-state index is 0.00403. The van der Waals surface area contributed by atoms with Gasteiger partial charge >= 0.3 is 0 Å². The van der Waals surface area contributed by atoms with Crippen molar-refractivity contribution < 1.29 is 9.50 Å². The minimum atomic E-state index is -0.399. The zero-order valence-corrected chi connectivity index (χ0v) is 14.8. The van der Waals surface area contributed by atoms with Gasteiger partial charge in [0.05, 0.1) is 5.01 Å². The second-order valence-electron chi connectivity index (χ2n) is 6.01. The molecule has 0 spiro atoms. The first kappa shape index (κ1) is 17.0. The lowest BCUT2D eigenvalue weighted by molar-refractivity contribution is 0.438. The normalized spacial score (nSPS) is 27.4. The average Bonchev–Trinajstić information content (AvgIpc) is 3.04. The maximum absolute atomic E-state index is 12.9. The number of halogens is 3. The standard InChI is InChI=1S/C17H18Cl2FNOS/c18-13-8-14(19)17(10-4-6-11(22)7-5-10)12(13)2-1-3-16-21-15(20)9-23-16/h4-7,9,12-14,17,22H,1-3,8H2. The fourth-order valence-corrected chi connectivity index (χ4v) is 5.21. The van der Waals surface area contributed by atoms with E-state index in [9.17, 15) is 9.50 Å². The summed E-state index contributed by atoms with van der Waals surface area (Å²) in [6, 6.07) is 7.23. The highest BCUT2D eigenvalue weighted by Gasteiger charge is 2.41. The van der Waals surface area contributed by atoms with Crippen LogP contribution in [-0.2, 0) is 6.42 Å². The van der Waals surface area contributed by atoms with Gasteiger partial charge in [0.25, 0.3) is 0 Å². The quantitative estimate of drug-likeness (QED) is 0.718. The van der Waals surface area contributed by atoms with Gasteiger partial charge in [0.2, 0.25) is 5.95 Å². The van der Waals surface area contributed by atoms with Crippen molar-refractivity contribution in [3.05, 3.63) is 46.2 Å². The molecule has 4 unspecified atom stereocenters. The Morgan fingerprint density at radius 3 is 2.61 bits per heavy atom. The molecule has 1 saturated carbocycles. The summed E-state index contributed by atoms with van der Waals surface area (Å²) in [5, 5.41) is 11.8. The lowest BCUT2D eigenvalue weighted by atomic mass is 9.85. The Morgan fingerprint density at radius 2 is 1.96 bits per heavy atom. The molecule has 1 N–H and O–H groups in total. The average molecular weight is 374 g/mol. The number of phenolic OH excluding ortho intramolecular Hbond substituents is 1. The molecule has 124 valence electrons. The predicted octanol–water partition coefficient (Wildman–Crippen LogP) is 5.33. The van der Waals surface area contributed by atoms with Gasteiger partial charge in [0, 0.05) is 22.1 Å². The van der Waals surface area contributed by atoms with Gasteiger partial charge in [0.1, 0.15) is 5.75 Å². The van der Waals surface area contributed by atoms with Crippen LogP contribution in [0.2, 0.25) is 0 Å². The summed E-state index contributed by atoms with van der Waals surface area (Å²) in [6.45, 7) is 0. The van der Waals surface area contributed by atoms with Crippen molar-refractivity contribution >= 4 is 34.5 Å². The van der Waals surface area contributed by atoms with Crippen LogP contribution in [0.3, 0.4) is 0 Å². The first-order valence-corrected chi connectivity index (χ1v) is 9.47. The molecule has 1 aliphatic rings. The van der Waals surface area contributed by atoms with Crippen molar-refractivity contribution in [2.75, 3.05) is 0 Å². The van der Waals surface area contributed by atoms with Crippen LogP contribution < -0.4 is 0 Å². The van der Waals surface area contributed by atoms with Gasteiger partial charge in [-0.25, -0.2) is 4.98 Å². The molecule has 23 heavy (non-hydrogen) atoms. The van der Waals surface area contributed by atoms with Gasteiger partial charge in [0.15, 0.2) is 0 Å². The Labute approximate surface area is 149 Å². The van der Waals surface area contributed by atoms with Gasteiger partial charge < -0.3 is 5.11 Å². The molecular formula is C17H18Cl2FNOS. The Kier molecular flexibility index (Phi) is 5.45. The van der Waals surface area contributed by atoms with Crippen LogP contribution in [0.15, 0.2) is 29.6 Å². The van der Waals surface area contributed by atoms with Crippen LogP contribution in [0.4, 0.5) is 4.39 Å². The number of hydrogen-bond donors (Lipinski definition) is 1. The van der Waals surface area contributed by atoms with Crippen LogP contribution in [0.25, 0.3) is 0 Å². The van der Waals surface area contributed by atoms with E-state index in [-0.39, 0.29) is 28.3 Å². The number of thiazole rings is 1. The van der Waals surface area contributed by atoms with Crippen molar-refractivity contribution in [3.8, 4) is 5.75 Å². The zero-order valence-electron chi connectivity index (χ0n) is 12.5. The van der Waals surface area contributed by atoms with E-state index in [1.54, 1.807) is 12.1 Å². The van der Waals surface area contributed by atoms with Crippen molar-refractivity contribution in [1.29, 1.82) is 0 Å². The topological polar surface area (TPSA) is 33.1 Å². The van der Waals surface area contributed by atoms with E-state index in [1.807, 2.05) is 12.1 Å². The fourth-order valence-electron chi connectivity index (χ4n) is 3.43. The Bertz CT molecular complexity index is 648. The molecule has 0 amide bonds. The lowest BCUT2D eigenvalue weighted by Gasteiger charge is -2.23. The summed E-state index contributed by atoms with van der Waals surface area (Å²) in [5.74, 6) is 0.327. The van der Waals surface area contributed by atoms with Crippen molar-refractivity contribution in [1.82, 2.24) is 4.98 Å². The number of benzene rings is 1. The molecule has 4 atom stereocenters. The van der Waals surface area contributed by atoms with Crippen molar-refractivity contribution in [3.63, 3.8) is 0 Å². The molecule has 0 radical (unpaired) electrons. The second-order valence-corrected chi connectivity index (χ2v) is 8.07. The van der Waals surface area contributed by atoms with Crippen molar-refractivity contribution in [2.45, 2.75) is 42.4 Å². The predicted molar refractivity (Wildman–Crippen MR) is 93.2 cm³/mol. The summed E-state index contributed by atoms with van der Waals surface area (Å²) in [4.78, 5) is 3.86. The van der Waals surface area contributed by atoms with Crippen LogP contribution in [0.1, 0.15) is 35.8 Å². The molecule has 6 heteroatoms. The van der Waals surface area contributed by atoms with Crippen LogP contribution >= 0.6 is 34.5 Å². The molecule has 0 saturated heterocycles. The number of aromatic nitrogens is 1. The Balaban J connectivity index is 1.66. The van der Waals surface area contributed by atoms with Gasteiger partial charge in [-0.15, -0.1) is 34.5 Å². The highest BCUT2D eigenvalue weighted by Crippen LogP contribution is 2.47. The molecule has 1 aromatic carbocycles. The van der Waals surface area contributed by atoms with Gasteiger partial charge in [-0.05, 0) is 49.3 Å². The van der Waals surface area contributed by atoms with E-state index < -0.39 is 5.95 Å². The van der Waals surface area contributed by atoms with E-state index in [0.717, 1.165) is 36.3 Å². The summed E-state index contributed by atoms with van der Waals surface area (Å²) >= 11 is 14.4. The number of hydrogen-bond acceptors (Lipinski definition) is 3. The number of alkyl halides is 2. The SMILES string of the molecule is Oc1ccc(C2C(Cl)CC(Cl)C2CCCc2nc(F)cs2)cc1. The molecule has 2 nitrogen and oxygen atoms in total. The van der Waals surface area contributed by atoms with Gasteiger partial charge in [-0.3, -0.25) is 0 Å². The molecular weight excluding hydrogens is 356 g/mol. The van der Waals surface area contributed by atoms with E-state index in [1.165, 1.54) is 16.7 Å². The third-order valence-corrected chi connectivity index (χ3v) is 6.33. The number of aryl methyl sites for hydroxylation is 1. The van der Waals surface area contributed by atoms with Gasteiger partial charge in [-0.1, -0.05) is 12.1 Å². The molecule has 1 aliphatic carbocycles. The molecule has 0 bridgehead atoms.